The molecule has 0 spiro atoms. The molecule has 1 fully saturated rings. The Morgan fingerprint density at radius 3 is 3.05 bits per heavy atom. The van der Waals surface area contributed by atoms with Gasteiger partial charge in [0, 0.05) is 25.2 Å². The van der Waals surface area contributed by atoms with Gasteiger partial charge in [0.2, 0.25) is 5.88 Å². The monoisotopic (exact) mass is 363 g/mol. The fourth-order valence-corrected chi connectivity index (χ4v) is 2.85. The van der Waals surface area contributed by atoms with Crippen LogP contribution in [0, 0.1) is 0 Å². The highest BCUT2D eigenvalue weighted by Crippen LogP contribution is 2.31. The van der Waals surface area contributed by atoms with E-state index in [1.165, 1.54) is 0 Å². The average Bonchev–Trinajstić information content (AvgIpc) is 3.22. The van der Waals surface area contributed by atoms with Crippen molar-refractivity contribution in [3.63, 3.8) is 0 Å². The summed E-state index contributed by atoms with van der Waals surface area (Å²) in [4.78, 5) is 4.33. The lowest BCUT2D eigenvalue weighted by molar-refractivity contribution is 0.137. The zero-order valence-corrected chi connectivity index (χ0v) is 13.5. The second kappa shape index (κ2) is 5.36. The van der Waals surface area contributed by atoms with Crippen molar-refractivity contribution in [2.45, 2.75) is 12.5 Å². The van der Waals surface area contributed by atoms with E-state index in [0.29, 0.717) is 12.5 Å². The Balaban J connectivity index is 1.83. The molecule has 0 radical (unpaired) electrons. The number of fused-ring (bicyclic) bond motifs is 1. The number of ether oxygens (including phenoxy) is 2. The van der Waals surface area contributed by atoms with Crippen LogP contribution in [0.4, 0.5) is 0 Å². The van der Waals surface area contributed by atoms with Crippen molar-refractivity contribution in [3.8, 4) is 17.0 Å². The van der Waals surface area contributed by atoms with Crippen LogP contribution in [0.1, 0.15) is 6.42 Å². The molecule has 1 saturated heterocycles. The summed E-state index contributed by atoms with van der Waals surface area (Å²) in [5.41, 5.74) is 2.58. The zero-order valence-electron chi connectivity index (χ0n) is 11.9. The molecule has 1 atom stereocenters. The average molecular weight is 364 g/mol. The molecule has 3 aromatic heterocycles. The van der Waals surface area contributed by atoms with Crippen LogP contribution >= 0.6 is 15.9 Å². The van der Waals surface area contributed by atoms with Gasteiger partial charge in [-0.05, 0) is 22.0 Å². The van der Waals surface area contributed by atoms with Gasteiger partial charge >= 0.3 is 0 Å². The van der Waals surface area contributed by atoms with E-state index in [-0.39, 0.29) is 6.10 Å². The molecule has 0 N–H and O–H groups in total. The molecule has 22 heavy (non-hydrogen) atoms. The molecule has 0 unspecified atom stereocenters. The SMILES string of the molecule is Cn1cc(-c2cc3ncc(Br)n3nc2O[C@H]2CCOC2)cn1. The Bertz CT molecular complexity index is 822. The quantitative estimate of drug-likeness (QED) is 0.712. The van der Waals surface area contributed by atoms with Crippen LogP contribution in [0.3, 0.4) is 0 Å². The third-order valence-corrected chi connectivity index (χ3v) is 4.14. The summed E-state index contributed by atoms with van der Waals surface area (Å²) in [5.74, 6) is 0.565. The van der Waals surface area contributed by atoms with E-state index >= 15 is 0 Å². The lowest BCUT2D eigenvalue weighted by Crippen LogP contribution is -2.17. The maximum Gasteiger partial charge on any atom is 0.240 e. The zero-order chi connectivity index (χ0) is 15.1. The van der Waals surface area contributed by atoms with E-state index in [0.717, 1.165) is 34.4 Å². The first-order valence-electron chi connectivity index (χ1n) is 6.98. The van der Waals surface area contributed by atoms with Gasteiger partial charge in [-0.25, -0.2) is 9.50 Å². The van der Waals surface area contributed by atoms with E-state index in [1.54, 1.807) is 21.6 Å². The lowest BCUT2D eigenvalue weighted by atomic mass is 10.1. The van der Waals surface area contributed by atoms with Gasteiger partial charge in [-0.15, -0.1) is 5.10 Å². The number of halogens is 1. The molecule has 1 aliphatic heterocycles. The Labute approximate surface area is 135 Å². The van der Waals surface area contributed by atoms with Gasteiger partial charge in [-0.3, -0.25) is 4.68 Å². The minimum absolute atomic E-state index is 0.0302. The third kappa shape index (κ3) is 2.38. The molecule has 0 aliphatic carbocycles. The van der Waals surface area contributed by atoms with E-state index < -0.39 is 0 Å². The van der Waals surface area contributed by atoms with Gasteiger partial charge in [0.05, 0.1) is 31.2 Å². The maximum absolute atomic E-state index is 6.06. The second-order valence-corrected chi connectivity index (χ2v) is 6.03. The topological polar surface area (TPSA) is 66.5 Å². The Morgan fingerprint density at radius 1 is 1.41 bits per heavy atom. The largest absolute Gasteiger partial charge is 0.470 e. The number of hydrogen-bond donors (Lipinski definition) is 0. The Hall–Kier alpha value is -1.93. The highest BCUT2D eigenvalue weighted by molar-refractivity contribution is 9.10. The van der Waals surface area contributed by atoms with Crippen molar-refractivity contribution >= 4 is 21.6 Å². The van der Waals surface area contributed by atoms with Crippen molar-refractivity contribution in [2.75, 3.05) is 13.2 Å². The Kier molecular flexibility index (Phi) is 3.34. The number of imidazole rings is 1. The summed E-state index contributed by atoms with van der Waals surface area (Å²) in [5, 5.41) is 8.80. The van der Waals surface area contributed by atoms with Crippen molar-refractivity contribution in [3.05, 3.63) is 29.3 Å². The van der Waals surface area contributed by atoms with Crippen molar-refractivity contribution in [1.29, 1.82) is 0 Å². The second-order valence-electron chi connectivity index (χ2n) is 5.22. The molecule has 4 heterocycles. The highest BCUT2D eigenvalue weighted by atomic mass is 79.9. The van der Waals surface area contributed by atoms with Crippen LogP contribution in [0.2, 0.25) is 0 Å². The number of nitrogens with zero attached hydrogens (tertiary/aromatic N) is 5. The van der Waals surface area contributed by atoms with Crippen LogP contribution in [0.25, 0.3) is 16.8 Å². The number of hydrogen-bond acceptors (Lipinski definition) is 5. The molecule has 0 aromatic carbocycles. The first kappa shape index (κ1) is 13.7. The van der Waals surface area contributed by atoms with Crippen molar-refractivity contribution in [2.24, 2.45) is 7.05 Å². The number of rotatable bonds is 3. The van der Waals surface area contributed by atoms with E-state index in [1.807, 2.05) is 19.3 Å². The predicted molar refractivity (Wildman–Crippen MR) is 82.7 cm³/mol. The summed E-state index contributed by atoms with van der Waals surface area (Å²) >= 11 is 3.44. The number of aromatic nitrogens is 5. The third-order valence-electron chi connectivity index (χ3n) is 3.60. The molecule has 114 valence electrons. The fourth-order valence-electron chi connectivity index (χ4n) is 2.49. The van der Waals surface area contributed by atoms with Gasteiger partial charge in [-0.1, -0.05) is 0 Å². The van der Waals surface area contributed by atoms with Crippen LogP contribution < -0.4 is 4.74 Å². The summed E-state index contributed by atoms with van der Waals surface area (Å²) < 4.78 is 15.7. The standard InChI is InChI=1S/C14H14BrN5O2/c1-19-7-9(5-17-19)11-4-13-16-6-12(15)20(13)18-14(11)22-10-2-3-21-8-10/h4-7,10H,2-3,8H2,1H3/t10-/m0/s1. The van der Waals surface area contributed by atoms with Gasteiger partial charge in [0.15, 0.2) is 5.65 Å². The van der Waals surface area contributed by atoms with Crippen LogP contribution in [-0.2, 0) is 11.8 Å². The molecule has 8 heteroatoms. The summed E-state index contributed by atoms with van der Waals surface area (Å²) in [6, 6.07) is 1.96. The molecule has 0 bridgehead atoms. The van der Waals surface area contributed by atoms with Crippen molar-refractivity contribution < 1.29 is 9.47 Å². The van der Waals surface area contributed by atoms with Gasteiger partial charge in [0.1, 0.15) is 10.7 Å². The summed E-state index contributed by atoms with van der Waals surface area (Å²) in [6.07, 6.45) is 6.35. The molecule has 4 rings (SSSR count). The van der Waals surface area contributed by atoms with E-state index in [2.05, 4.69) is 31.1 Å². The maximum atomic E-state index is 6.06. The minimum atomic E-state index is 0.0302. The lowest BCUT2D eigenvalue weighted by Gasteiger charge is -2.14. The summed E-state index contributed by atoms with van der Waals surface area (Å²) in [7, 11) is 1.88. The molecule has 7 nitrogen and oxygen atoms in total. The van der Waals surface area contributed by atoms with Crippen LogP contribution in [-0.4, -0.2) is 43.7 Å². The molecule has 0 amide bonds. The normalized spacial score (nSPS) is 18.2. The van der Waals surface area contributed by atoms with E-state index in [4.69, 9.17) is 9.47 Å². The molecular formula is C14H14BrN5O2. The van der Waals surface area contributed by atoms with Gasteiger partial charge in [-0.2, -0.15) is 5.10 Å². The van der Waals surface area contributed by atoms with Crippen LogP contribution in [0.5, 0.6) is 5.88 Å². The van der Waals surface area contributed by atoms with E-state index in [9.17, 15) is 0 Å². The fraction of sp³-hybridized carbons (Fsp3) is 0.357. The molecule has 3 aromatic rings. The van der Waals surface area contributed by atoms with Crippen LogP contribution in [0.15, 0.2) is 29.3 Å². The number of aryl methyl sites for hydroxylation is 1. The molecule has 0 saturated carbocycles. The van der Waals surface area contributed by atoms with Crippen molar-refractivity contribution in [1.82, 2.24) is 24.4 Å². The predicted octanol–water partition coefficient (Wildman–Crippen LogP) is 2.06. The van der Waals surface area contributed by atoms with Gasteiger partial charge in [0.25, 0.3) is 0 Å². The molecular weight excluding hydrogens is 350 g/mol. The first-order valence-corrected chi connectivity index (χ1v) is 7.78. The smallest absolute Gasteiger partial charge is 0.240 e. The summed E-state index contributed by atoms with van der Waals surface area (Å²) in [6.45, 7) is 1.32. The first-order chi connectivity index (χ1) is 10.7. The highest BCUT2D eigenvalue weighted by Gasteiger charge is 2.22. The Morgan fingerprint density at radius 2 is 2.32 bits per heavy atom. The van der Waals surface area contributed by atoms with Gasteiger partial charge < -0.3 is 9.47 Å². The minimum Gasteiger partial charge on any atom is -0.470 e. The molecule has 1 aliphatic rings.